The van der Waals surface area contributed by atoms with Crippen LogP contribution in [0.25, 0.3) is 78.0 Å². The first-order chi connectivity index (χ1) is 22.2. The van der Waals surface area contributed by atoms with Gasteiger partial charge in [0, 0.05) is 34.3 Å². The van der Waals surface area contributed by atoms with Crippen LogP contribution in [0.2, 0.25) is 0 Å². The van der Waals surface area contributed by atoms with Crippen molar-refractivity contribution in [2.45, 2.75) is 6.92 Å². The molecule has 0 saturated carbocycles. The Morgan fingerprint density at radius 3 is 1.60 bits per heavy atom. The van der Waals surface area contributed by atoms with Gasteiger partial charge in [0.25, 0.3) is 0 Å². The Hall–Kier alpha value is -6.14. The lowest BCUT2D eigenvalue weighted by atomic mass is 10.0. The van der Waals surface area contributed by atoms with Crippen LogP contribution in [0.1, 0.15) is 5.56 Å². The van der Waals surface area contributed by atoms with Crippen LogP contribution in [0, 0.1) is 6.92 Å². The van der Waals surface area contributed by atoms with Crippen LogP contribution in [0.3, 0.4) is 0 Å². The maximum absolute atomic E-state index is 5.17. The number of pyridine rings is 4. The largest absolute Gasteiger partial charge is 0.292 e. The zero-order valence-corrected chi connectivity index (χ0v) is 24.5. The van der Waals surface area contributed by atoms with Gasteiger partial charge in [0.2, 0.25) is 0 Å². The van der Waals surface area contributed by atoms with E-state index in [1.165, 1.54) is 0 Å². The molecule has 0 fully saturated rings. The van der Waals surface area contributed by atoms with Crippen LogP contribution in [0.15, 0.2) is 140 Å². The minimum absolute atomic E-state index is 0.864. The summed E-state index contributed by atoms with van der Waals surface area (Å²) in [5.74, 6) is 1.73. The number of nitrogens with zero attached hydrogens (tertiary/aromatic N) is 6. The topological polar surface area (TPSA) is 61.4 Å². The Morgan fingerprint density at radius 2 is 1.00 bits per heavy atom. The molecule has 0 bridgehead atoms. The van der Waals surface area contributed by atoms with Crippen molar-refractivity contribution in [1.82, 2.24) is 29.1 Å². The summed E-state index contributed by atoms with van der Waals surface area (Å²) in [5, 5.41) is 2.24. The summed E-state index contributed by atoms with van der Waals surface area (Å²) in [6.07, 6.45) is 3.69. The molecular weight excluding hydrogens is 552 g/mol. The zero-order chi connectivity index (χ0) is 29.9. The third-order valence-electron chi connectivity index (χ3n) is 8.58. The second kappa shape index (κ2) is 9.96. The Morgan fingerprint density at radius 1 is 0.467 bits per heavy atom. The van der Waals surface area contributed by atoms with Crippen LogP contribution >= 0.6 is 0 Å². The fourth-order valence-corrected chi connectivity index (χ4v) is 6.58. The fourth-order valence-electron chi connectivity index (χ4n) is 6.58. The van der Waals surface area contributed by atoms with Crippen molar-refractivity contribution >= 4 is 43.9 Å². The number of fused-ring (bicyclic) bond motifs is 6. The predicted molar refractivity (Wildman–Crippen MR) is 182 cm³/mol. The monoisotopic (exact) mass is 578 g/mol. The van der Waals surface area contributed by atoms with E-state index >= 15 is 0 Å². The van der Waals surface area contributed by atoms with Gasteiger partial charge in [0.05, 0.1) is 44.5 Å². The van der Waals surface area contributed by atoms with E-state index in [2.05, 4.69) is 141 Å². The highest BCUT2D eigenvalue weighted by molar-refractivity contribution is 6.07. The summed E-state index contributed by atoms with van der Waals surface area (Å²) in [7, 11) is 0. The van der Waals surface area contributed by atoms with Crippen LogP contribution in [0.5, 0.6) is 0 Å². The highest BCUT2D eigenvalue weighted by atomic mass is 15.1. The number of aryl methyl sites for hydroxylation is 1. The first kappa shape index (κ1) is 25.4. The standard InChI is InChI=1S/C39H26N6/c1-25-24-26(30-12-6-18-36(42-30)44-32-14-4-2-10-28(32)38-34(44)16-8-22-40-38)20-21-27(25)31-13-7-19-37(43-31)45-33-15-5-3-11-29(33)39-35(45)17-9-23-41-39/h2-24H,1H3. The van der Waals surface area contributed by atoms with Crippen molar-refractivity contribution in [2.24, 2.45) is 0 Å². The van der Waals surface area contributed by atoms with Crippen molar-refractivity contribution in [1.29, 1.82) is 0 Å². The summed E-state index contributed by atoms with van der Waals surface area (Å²) in [4.78, 5) is 19.7. The Labute approximate surface area is 258 Å². The first-order valence-corrected chi connectivity index (χ1v) is 15.0. The molecule has 0 N–H and O–H groups in total. The highest BCUT2D eigenvalue weighted by Crippen LogP contribution is 2.33. The van der Waals surface area contributed by atoms with E-state index in [0.29, 0.717) is 0 Å². The van der Waals surface area contributed by atoms with Gasteiger partial charge >= 0.3 is 0 Å². The highest BCUT2D eigenvalue weighted by Gasteiger charge is 2.16. The third kappa shape index (κ3) is 3.96. The first-order valence-electron chi connectivity index (χ1n) is 15.0. The number of aromatic nitrogens is 6. The molecule has 0 aliphatic carbocycles. The summed E-state index contributed by atoms with van der Waals surface area (Å²) in [5.41, 5.74) is 11.3. The van der Waals surface area contributed by atoms with E-state index in [1.54, 1.807) is 0 Å². The molecule has 0 spiro atoms. The summed E-state index contributed by atoms with van der Waals surface area (Å²) < 4.78 is 4.40. The summed E-state index contributed by atoms with van der Waals surface area (Å²) in [6, 6.07) is 43.8. The molecule has 45 heavy (non-hydrogen) atoms. The predicted octanol–water partition coefficient (Wildman–Crippen LogP) is 9.10. The van der Waals surface area contributed by atoms with Gasteiger partial charge in [0.1, 0.15) is 11.6 Å². The van der Waals surface area contributed by atoms with Crippen LogP contribution in [0.4, 0.5) is 0 Å². The maximum atomic E-state index is 5.17. The van der Waals surface area contributed by atoms with E-state index in [-0.39, 0.29) is 0 Å². The molecule has 3 aromatic carbocycles. The quantitative estimate of drug-likeness (QED) is 0.209. The molecule has 0 amide bonds. The number of benzene rings is 3. The normalized spacial score (nSPS) is 11.7. The molecule has 0 aliphatic rings. The Bertz CT molecular complexity index is 2470. The van der Waals surface area contributed by atoms with Crippen molar-refractivity contribution < 1.29 is 0 Å². The van der Waals surface area contributed by atoms with E-state index in [1.807, 2.05) is 24.5 Å². The van der Waals surface area contributed by atoms with Crippen molar-refractivity contribution in [2.75, 3.05) is 0 Å². The summed E-state index contributed by atoms with van der Waals surface area (Å²) >= 11 is 0. The van der Waals surface area contributed by atoms with Gasteiger partial charge in [-0.15, -0.1) is 0 Å². The molecule has 9 aromatic rings. The van der Waals surface area contributed by atoms with E-state index < -0.39 is 0 Å². The third-order valence-corrected chi connectivity index (χ3v) is 8.58. The number of hydrogen-bond acceptors (Lipinski definition) is 4. The lowest BCUT2D eigenvalue weighted by Gasteiger charge is -2.12. The van der Waals surface area contributed by atoms with Crippen LogP contribution in [-0.4, -0.2) is 29.1 Å². The second-order valence-corrected chi connectivity index (χ2v) is 11.2. The number of para-hydroxylation sites is 2. The Kier molecular flexibility index (Phi) is 5.62. The molecule has 0 unspecified atom stereocenters. The molecular formula is C39H26N6. The molecule has 0 atom stereocenters. The number of hydrogen-bond donors (Lipinski definition) is 0. The Balaban J connectivity index is 1.12. The summed E-state index contributed by atoms with van der Waals surface area (Å²) in [6.45, 7) is 2.14. The smallest absolute Gasteiger partial charge is 0.138 e. The van der Waals surface area contributed by atoms with E-state index in [9.17, 15) is 0 Å². The molecule has 6 heteroatoms. The SMILES string of the molecule is Cc1cc(-c2cccc(-n3c4ccccc4c4ncccc43)n2)ccc1-c1cccc(-n2c3ccccc3c3ncccc32)n1. The van der Waals surface area contributed by atoms with E-state index in [4.69, 9.17) is 9.97 Å². The van der Waals surface area contributed by atoms with Gasteiger partial charge < -0.3 is 0 Å². The molecule has 0 aliphatic heterocycles. The van der Waals surface area contributed by atoms with Gasteiger partial charge in [-0.1, -0.05) is 60.7 Å². The van der Waals surface area contributed by atoms with Crippen molar-refractivity contribution in [3.05, 3.63) is 145 Å². The van der Waals surface area contributed by atoms with Gasteiger partial charge in [-0.25, -0.2) is 9.97 Å². The van der Waals surface area contributed by atoms with Gasteiger partial charge in [-0.2, -0.15) is 0 Å². The minimum atomic E-state index is 0.864. The molecule has 9 rings (SSSR count). The van der Waals surface area contributed by atoms with Gasteiger partial charge in [-0.05, 0) is 79.2 Å². The van der Waals surface area contributed by atoms with Crippen molar-refractivity contribution in [3.63, 3.8) is 0 Å². The molecule has 6 aromatic heterocycles. The van der Waals surface area contributed by atoms with Gasteiger partial charge in [0.15, 0.2) is 0 Å². The molecule has 0 radical (unpaired) electrons. The average Bonchev–Trinajstić information content (AvgIpc) is 3.62. The second-order valence-electron chi connectivity index (χ2n) is 11.2. The lowest BCUT2D eigenvalue weighted by Crippen LogP contribution is -2.00. The maximum Gasteiger partial charge on any atom is 0.138 e. The van der Waals surface area contributed by atoms with Crippen molar-refractivity contribution in [3.8, 4) is 34.2 Å². The van der Waals surface area contributed by atoms with E-state index in [0.717, 1.165) is 83.6 Å². The van der Waals surface area contributed by atoms with Crippen LogP contribution < -0.4 is 0 Å². The lowest BCUT2D eigenvalue weighted by molar-refractivity contribution is 1.08. The fraction of sp³-hybridized carbons (Fsp3) is 0.0256. The number of rotatable bonds is 4. The molecule has 6 nitrogen and oxygen atoms in total. The molecule has 212 valence electrons. The molecule has 0 saturated heterocycles. The van der Waals surface area contributed by atoms with Gasteiger partial charge in [-0.3, -0.25) is 19.1 Å². The average molecular weight is 579 g/mol. The zero-order valence-electron chi connectivity index (χ0n) is 24.5. The molecule has 6 heterocycles. The van der Waals surface area contributed by atoms with Crippen LogP contribution in [-0.2, 0) is 0 Å². The minimum Gasteiger partial charge on any atom is -0.292 e.